The highest BCUT2D eigenvalue weighted by Gasteiger charge is 2.31. The van der Waals surface area contributed by atoms with E-state index >= 15 is 0 Å². The third kappa shape index (κ3) is 4.37. The van der Waals surface area contributed by atoms with Gasteiger partial charge in [-0.3, -0.25) is 4.28 Å². The van der Waals surface area contributed by atoms with Crippen molar-refractivity contribution in [1.29, 1.82) is 0 Å². The molecule has 0 aromatic heterocycles. The molecule has 0 saturated carbocycles. The van der Waals surface area contributed by atoms with Gasteiger partial charge in [-0.2, -0.15) is 8.42 Å². The smallest absolute Gasteiger partial charge is 0.353 e. The molecule has 1 atom stereocenters. The molecule has 1 aromatic carbocycles. The first-order valence-corrected chi connectivity index (χ1v) is 8.96. The Morgan fingerprint density at radius 1 is 1.46 bits per heavy atom. The number of hydrogen-bond acceptors (Lipinski definition) is 6. The van der Waals surface area contributed by atoms with Gasteiger partial charge in [0, 0.05) is 17.0 Å². The van der Waals surface area contributed by atoms with Crippen LogP contribution in [-0.2, 0) is 19.2 Å². The van der Waals surface area contributed by atoms with Gasteiger partial charge in [0.25, 0.3) is 0 Å². The molecule has 1 unspecified atom stereocenters. The Morgan fingerprint density at radius 2 is 2.12 bits per heavy atom. The quantitative estimate of drug-likeness (QED) is 0.756. The highest BCUT2D eigenvalue weighted by Crippen LogP contribution is 2.31. The van der Waals surface area contributed by atoms with E-state index in [1.165, 1.54) is 12.1 Å². The number of benzene rings is 1. The van der Waals surface area contributed by atoms with Crippen LogP contribution < -0.4 is 5.32 Å². The highest BCUT2D eigenvalue weighted by atomic mass is 35.5. The maximum absolute atomic E-state index is 14.1. The fraction of sp³-hybridized carbons (Fsp3) is 0.231. The Labute approximate surface area is 146 Å². The minimum absolute atomic E-state index is 0.0936. The molecule has 1 aliphatic rings. The van der Waals surface area contributed by atoms with Crippen LogP contribution in [0.5, 0.6) is 0 Å². The van der Waals surface area contributed by atoms with Crippen molar-refractivity contribution in [2.45, 2.75) is 12.5 Å². The van der Waals surface area contributed by atoms with Crippen molar-refractivity contribution in [3.8, 4) is 0 Å². The minimum Gasteiger partial charge on any atom is -0.477 e. The Morgan fingerprint density at radius 3 is 2.67 bits per heavy atom. The first-order chi connectivity index (χ1) is 11.1. The van der Waals surface area contributed by atoms with E-state index in [0.29, 0.717) is 0 Å². The van der Waals surface area contributed by atoms with Crippen molar-refractivity contribution in [2.75, 3.05) is 6.26 Å². The molecule has 1 aliphatic heterocycles. The van der Waals surface area contributed by atoms with Crippen LogP contribution in [-0.4, -0.2) is 31.5 Å². The number of aliphatic carboxylic acids is 1. The van der Waals surface area contributed by atoms with Gasteiger partial charge in [0.05, 0.1) is 17.3 Å². The third-order valence-corrected chi connectivity index (χ3v) is 4.01. The average Bonchev–Trinajstić information content (AvgIpc) is 2.45. The highest BCUT2D eigenvalue weighted by molar-refractivity contribution is 7.85. The lowest BCUT2D eigenvalue weighted by Crippen LogP contribution is -2.34. The molecule has 2 rings (SSSR count). The summed E-state index contributed by atoms with van der Waals surface area (Å²) in [6, 6.07) is 3.04. The predicted molar refractivity (Wildman–Crippen MR) is 85.8 cm³/mol. The molecule has 1 heterocycles. The SMILES string of the molecule is CS(=O)(=O)O/N=C1\CC(c2ccc(Cl)cc2F)NC(C(=O)O)=C1Cl. The second-order valence-electron chi connectivity index (χ2n) is 4.88. The summed E-state index contributed by atoms with van der Waals surface area (Å²) in [5, 5.41) is 15.0. The number of halogens is 3. The molecule has 2 N–H and O–H groups in total. The standard InChI is InChI=1S/C13H11Cl2FN2O5S/c1-24(21,22)23-18-10-5-9(17-12(11(10)15)13(19)20)7-3-2-6(14)4-8(7)16/h2-4,9,17H,5H2,1H3,(H,19,20)/b18-10+. The van der Waals surface area contributed by atoms with Crippen LogP contribution in [0.2, 0.25) is 5.02 Å². The van der Waals surface area contributed by atoms with Gasteiger partial charge in [-0.25, -0.2) is 9.18 Å². The zero-order chi connectivity index (χ0) is 18.1. The third-order valence-electron chi connectivity index (χ3n) is 3.02. The Balaban J connectivity index is 2.46. The first-order valence-electron chi connectivity index (χ1n) is 6.39. The summed E-state index contributed by atoms with van der Waals surface area (Å²) < 4.78 is 40.5. The summed E-state index contributed by atoms with van der Waals surface area (Å²) in [6.07, 6.45) is 0.674. The molecule has 130 valence electrons. The topological polar surface area (TPSA) is 105 Å². The summed E-state index contributed by atoms with van der Waals surface area (Å²) >= 11 is 11.6. The lowest BCUT2D eigenvalue weighted by molar-refractivity contribution is -0.133. The number of rotatable bonds is 4. The van der Waals surface area contributed by atoms with E-state index in [4.69, 9.17) is 23.2 Å². The number of allylic oxidation sites excluding steroid dienone is 1. The van der Waals surface area contributed by atoms with E-state index in [1.54, 1.807) is 0 Å². The van der Waals surface area contributed by atoms with Crippen molar-refractivity contribution in [2.24, 2.45) is 5.16 Å². The first kappa shape index (κ1) is 18.5. The predicted octanol–water partition coefficient (Wildman–Crippen LogP) is 2.38. The molecule has 1 aromatic rings. The van der Waals surface area contributed by atoms with Gasteiger partial charge in [-0.15, -0.1) is 0 Å². The van der Waals surface area contributed by atoms with Crippen LogP contribution in [0.1, 0.15) is 18.0 Å². The zero-order valence-corrected chi connectivity index (χ0v) is 14.4. The molecular weight excluding hydrogens is 386 g/mol. The van der Waals surface area contributed by atoms with E-state index < -0.39 is 33.6 Å². The molecular formula is C13H11Cl2FN2O5S. The summed E-state index contributed by atoms with van der Waals surface area (Å²) in [4.78, 5) is 11.3. The van der Waals surface area contributed by atoms with E-state index in [2.05, 4.69) is 14.8 Å². The molecule has 7 nitrogen and oxygen atoms in total. The fourth-order valence-electron chi connectivity index (χ4n) is 2.03. The minimum atomic E-state index is -3.91. The molecule has 24 heavy (non-hydrogen) atoms. The van der Waals surface area contributed by atoms with Crippen LogP contribution in [0.4, 0.5) is 4.39 Å². The van der Waals surface area contributed by atoms with Gasteiger partial charge >= 0.3 is 16.1 Å². The zero-order valence-electron chi connectivity index (χ0n) is 12.1. The number of carboxylic acids is 1. The lowest BCUT2D eigenvalue weighted by atomic mass is 9.96. The van der Waals surface area contributed by atoms with Crippen LogP contribution in [0.25, 0.3) is 0 Å². The number of nitrogens with zero attached hydrogens (tertiary/aromatic N) is 1. The summed E-state index contributed by atoms with van der Waals surface area (Å²) in [7, 11) is -3.91. The number of nitrogens with one attached hydrogen (secondary N) is 1. The van der Waals surface area contributed by atoms with Crippen LogP contribution >= 0.6 is 23.2 Å². The maximum Gasteiger partial charge on any atom is 0.353 e. The maximum atomic E-state index is 14.1. The van der Waals surface area contributed by atoms with Crippen molar-refractivity contribution in [3.63, 3.8) is 0 Å². The normalized spacial score (nSPS) is 20.0. The lowest BCUT2D eigenvalue weighted by Gasteiger charge is -2.26. The number of hydrogen-bond donors (Lipinski definition) is 2. The number of carbonyl (C=O) groups is 1. The second kappa shape index (κ2) is 6.96. The molecule has 0 bridgehead atoms. The summed E-state index contributed by atoms with van der Waals surface area (Å²) in [6.45, 7) is 0. The van der Waals surface area contributed by atoms with Gasteiger partial charge in [0.15, 0.2) is 0 Å². The number of oxime groups is 1. The van der Waals surface area contributed by atoms with Crippen molar-refractivity contribution >= 4 is 45.0 Å². The van der Waals surface area contributed by atoms with E-state index in [1.807, 2.05) is 0 Å². The van der Waals surface area contributed by atoms with Gasteiger partial charge in [0.1, 0.15) is 17.2 Å². The molecule has 0 fully saturated rings. The van der Waals surface area contributed by atoms with Crippen molar-refractivity contribution in [3.05, 3.63) is 45.3 Å². The van der Waals surface area contributed by atoms with Gasteiger partial charge in [0.2, 0.25) is 0 Å². The monoisotopic (exact) mass is 396 g/mol. The van der Waals surface area contributed by atoms with Crippen molar-refractivity contribution in [1.82, 2.24) is 5.32 Å². The Kier molecular flexibility index (Phi) is 5.36. The van der Waals surface area contributed by atoms with Crippen LogP contribution in [0.3, 0.4) is 0 Å². The average molecular weight is 397 g/mol. The second-order valence-corrected chi connectivity index (χ2v) is 7.25. The summed E-state index contributed by atoms with van der Waals surface area (Å²) in [5.74, 6) is -2.07. The van der Waals surface area contributed by atoms with Crippen LogP contribution in [0.15, 0.2) is 34.1 Å². The fourth-order valence-corrected chi connectivity index (χ4v) is 2.66. The number of carboxylic acid groups (broad SMARTS) is 1. The molecule has 0 radical (unpaired) electrons. The van der Waals surface area contributed by atoms with Crippen LogP contribution in [0, 0.1) is 5.82 Å². The van der Waals surface area contributed by atoms with Gasteiger partial charge < -0.3 is 10.4 Å². The molecule has 0 saturated heterocycles. The largest absolute Gasteiger partial charge is 0.477 e. The van der Waals surface area contributed by atoms with E-state index in [9.17, 15) is 22.7 Å². The Hall–Kier alpha value is -1.84. The summed E-state index contributed by atoms with van der Waals surface area (Å²) in [5.41, 5.74) is -0.468. The molecule has 11 heteroatoms. The van der Waals surface area contributed by atoms with E-state index in [0.717, 1.165) is 12.3 Å². The molecule has 0 amide bonds. The van der Waals surface area contributed by atoms with Gasteiger partial charge in [-0.05, 0) is 12.1 Å². The van der Waals surface area contributed by atoms with Crippen molar-refractivity contribution < 1.29 is 27.0 Å². The van der Waals surface area contributed by atoms with Gasteiger partial charge in [-0.1, -0.05) is 34.4 Å². The molecule has 0 aliphatic carbocycles. The van der Waals surface area contributed by atoms with E-state index in [-0.39, 0.29) is 27.8 Å². The Bertz CT molecular complexity index is 854. The molecule has 0 spiro atoms.